The molecular formula is C20H21ClN2O4. The maximum absolute atomic E-state index is 12.2. The van der Waals surface area contributed by atoms with E-state index < -0.39 is 0 Å². The van der Waals surface area contributed by atoms with Gasteiger partial charge in [0.05, 0.1) is 7.11 Å². The molecule has 142 valence electrons. The van der Waals surface area contributed by atoms with Gasteiger partial charge in [0.2, 0.25) is 5.91 Å². The fourth-order valence-electron chi connectivity index (χ4n) is 2.98. The van der Waals surface area contributed by atoms with Crippen LogP contribution in [0.2, 0.25) is 5.02 Å². The van der Waals surface area contributed by atoms with E-state index in [0.717, 1.165) is 5.69 Å². The Kier molecular flexibility index (Phi) is 6.19. The lowest BCUT2D eigenvalue weighted by Crippen LogP contribution is -2.34. The summed E-state index contributed by atoms with van der Waals surface area (Å²) in [7, 11) is 1.55. The van der Waals surface area contributed by atoms with Crippen molar-refractivity contribution in [3.8, 4) is 11.5 Å². The van der Waals surface area contributed by atoms with Gasteiger partial charge in [-0.2, -0.15) is 0 Å². The van der Waals surface area contributed by atoms with Crippen LogP contribution in [0.5, 0.6) is 11.5 Å². The molecule has 0 bridgehead atoms. The van der Waals surface area contributed by atoms with Crippen LogP contribution in [0.25, 0.3) is 0 Å². The largest absolute Gasteiger partial charge is 0.493 e. The Morgan fingerprint density at radius 2 is 1.89 bits per heavy atom. The second-order valence-electron chi connectivity index (χ2n) is 6.29. The lowest BCUT2D eigenvalue weighted by atomic mass is 10.1. The summed E-state index contributed by atoms with van der Waals surface area (Å²) in [5, 5.41) is 3.46. The minimum Gasteiger partial charge on any atom is -0.493 e. The number of nitrogens with zero attached hydrogens (tertiary/aromatic N) is 1. The molecule has 6 nitrogen and oxygen atoms in total. The molecule has 0 saturated carbocycles. The van der Waals surface area contributed by atoms with Crippen LogP contribution in [0, 0.1) is 5.92 Å². The van der Waals surface area contributed by atoms with E-state index in [0.29, 0.717) is 36.0 Å². The van der Waals surface area contributed by atoms with Crippen molar-refractivity contribution in [1.82, 2.24) is 5.32 Å². The van der Waals surface area contributed by atoms with Crippen molar-refractivity contribution < 1.29 is 19.1 Å². The quantitative estimate of drug-likeness (QED) is 0.792. The number of anilines is 1. The number of halogens is 1. The number of methoxy groups -OCH3 is 1. The van der Waals surface area contributed by atoms with Crippen molar-refractivity contribution in [2.45, 2.75) is 6.42 Å². The van der Waals surface area contributed by atoms with Gasteiger partial charge in [-0.05, 0) is 36.4 Å². The summed E-state index contributed by atoms with van der Waals surface area (Å²) in [6.45, 7) is 0.875. The molecule has 1 atom stereocenters. The number of carbonyl (C=O) groups is 2. The standard InChI is InChI=1S/C20H21ClN2O4/c1-26-17-4-2-3-5-18(17)27-13-19(24)22-11-14-10-20(25)23(12-14)16-8-6-15(21)7-9-16/h2-9,14H,10-13H2,1H3,(H,22,24). The Bertz CT molecular complexity index is 810. The summed E-state index contributed by atoms with van der Waals surface area (Å²) >= 11 is 5.89. The highest BCUT2D eigenvalue weighted by Gasteiger charge is 2.30. The van der Waals surface area contributed by atoms with Crippen LogP contribution < -0.4 is 19.7 Å². The first-order valence-electron chi connectivity index (χ1n) is 8.65. The Morgan fingerprint density at radius 1 is 1.19 bits per heavy atom. The van der Waals surface area contributed by atoms with Crippen molar-refractivity contribution in [3.63, 3.8) is 0 Å². The van der Waals surface area contributed by atoms with E-state index >= 15 is 0 Å². The SMILES string of the molecule is COc1ccccc1OCC(=O)NCC1CC(=O)N(c2ccc(Cl)cc2)C1. The minimum atomic E-state index is -0.238. The first-order valence-corrected chi connectivity index (χ1v) is 9.03. The molecule has 0 radical (unpaired) electrons. The number of rotatable bonds is 7. The predicted molar refractivity (Wildman–Crippen MR) is 103 cm³/mol. The lowest BCUT2D eigenvalue weighted by molar-refractivity contribution is -0.123. The molecular weight excluding hydrogens is 368 g/mol. The van der Waals surface area contributed by atoms with Crippen molar-refractivity contribution in [1.29, 1.82) is 0 Å². The zero-order valence-electron chi connectivity index (χ0n) is 15.0. The van der Waals surface area contributed by atoms with E-state index in [1.807, 2.05) is 24.3 Å². The maximum atomic E-state index is 12.2. The van der Waals surface area contributed by atoms with Gasteiger partial charge in [-0.25, -0.2) is 0 Å². The summed E-state index contributed by atoms with van der Waals surface area (Å²) in [6.07, 6.45) is 0.399. The third kappa shape index (κ3) is 4.92. The van der Waals surface area contributed by atoms with Crippen molar-refractivity contribution in [3.05, 3.63) is 53.6 Å². The molecule has 2 amide bonds. The molecule has 7 heteroatoms. The van der Waals surface area contributed by atoms with Gasteiger partial charge in [0, 0.05) is 36.1 Å². The zero-order valence-corrected chi connectivity index (χ0v) is 15.7. The zero-order chi connectivity index (χ0) is 19.2. The molecule has 1 unspecified atom stereocenters. The van der Waals surface area contributed by atoms with Crippen LogP contribution in [0.1, 0.15) is 6.42 Å². The normalized spacial score (nSPS) is 16.3. The first-order chi connectivity index (χ1) is 13.1. The number of ether oxygens (including phenoxy) is 2. The van der Waals surface area contributed by atoms with Crippen LogP contribution in [-0.4, -0.2) is 38.6 Å². The van der Waals surface area contributed by atoms with Crippen LogP contribution in [0.3, 0.4) is 0 Å². The van der Waals surface area contributed by atoms with Gasteiger partial charge in [0.15, 0.2) is 18.1 Å². The molecule has 0 spiro atoms. The van der Waals surface area contributed by atoms with Gasteiger partial charge in [-0.1, -0.05) is 23.7 Å². The first kappa shape index (κ1) is 19.0. The summed E-state index contributed by atoms with van der Waals surface area (Å²) in [6, 6.07) is 14.3. The van der Waals surface area contributed by atoms with Crippen LogP contribution in [-0.2, 0) is 9.59 Å². The molecule has 1 saturated heterocycles. The Balaban J connectivity index is 1.46. The van der Waals surface area contributed by atoms with E-state index in [1.54, 1.807) is 36.3 Å². The molecule has 2 aromatic carbocycles. The lowest BCUT2D eigenvalue weighted by Gasteiger charge is -2.17. The summed E-state index contributed by atoms with van der Waals surface area (Å²) in [4.78, 5) is 26.0. The summed E-state index contributed by atoms with van der Waals surface area (Å²) in [5.41, 5.74) is 0.817. The number of hydrogen-bond acceptors (Lipinski definition) is 4. The minimum absolute atomic E-state index is 0.0434. The molecule has 1 heterocycles. The van der Waals surface area contributed by atoms with Crippen molar-refractivity contribution in [2.24, 2.45) is 5.92 Å². The summed E-state index contributed by atoms with van der Waals surface area (Å²) in [5.74, 6) is 0.953. The molecule has 1 N–H and O–H groups in total. The highest BCUT2D eigenvalue weighted by molar-refractivity contribution is 6.30. The molecule has 3 rings (SSSR count). The highest BCUT2D eigenvalue weighted by atomic mass is 35.5. The Labute approximate surface area is 163 Å². The van der Waals surface area contributed by atoms with Gasteiger partial charge in [-0.15, -0.1) is 0 Å². The molecule has 1 fully saturated rings. The number of hydrogen-bond donors (Lipinski definition) is 1. The number of para-hydroxylation sites is 2. The third-order valence-electron chi connectivity index (χ3n) is 4.36. The third-order valence-corrected chi connectivity index (χ3v) is 4.61. The van der Waals surface area contributed by atoms with E-state index in [1.165, 1.54) is 0 Å². The smallest absolute Gasteiger partial charge is 0.257 e. The fourth-order valence-corrected chi connectivity index (χ4v) is 3.11. The average molecular weight is 389 g/mol. The van der Waals surface area contributed by atoms with Crippen LogP contribution in [0.15, 0.2) is 48.5 Å². The van der Waals surface area contributed by atoms with Crippen LogP contribution in [0.4, 0.5) is 5.69 Å². The monoisotopic (exact) mass is 388 g/mol. The topological polar surface area (TPSA) is 67.9 Å². The second-order valence-corrected chi connectivity index (χ2v) is 6.73. The van der Waals surface area contributed by atoms with Crippen molar-refractivity contribution >= 4 is 29.1 Å². The van der Waals surface area contributed by atoms with Crippen LogP contribution >= 0.6 is 11.6 Å². The van der Waals surface area contributed by atoms with E-state index in [9.17, 15) is 9.59 Å². The molecule has 0 aromatic heterocycles. The van der Waals surface area contributed by atoms with Gasteiger partial charge < -0.3 is 19.7 Å². The Hall–Kier alpha value is -2.73. The molecule has 27 heavy (non-hydrogen) atoms. The van der Waals surface area contributed by atoms with Gasteiger partial charge in [0.25, 0.3) is 5.91 Å². The number of amides is 2. The van der Waals surface area contributed by atoms with Gasteiger partial charge in [0.1, 0.15) is 0 Å². The second kappa shape index (κ2) is 8.77. The number of nitrogens with one attached hydrogen (secondary N) is 1. The maximum Gasteiger partial charge on any atom is 0.257 e. The summed E-state index contributed by atoms with van der Waals surface area (Å²) < 4.78 is 10.7. The highest BCUT2D eigenvalue weighted by Crippen LogP contribution is 2.27. The number of carbonyl (C=O) groups excluding carboxylic acids is 2. The van der Waals surface area contributed by atoms with Gasteiger partial charge in [-0.3, -0.25) is 9.59 Å². The fraction of sp³-hybridized carbons (Fsp3) is 0.300. The predicted octanol–water partition coefficient (Wildman–Crippen LogP) is 2.90. The van der Waals surface area contributed by atoms with E-state index in [-0.39, 0.29) is 24.3 Å². The Morgan fingerprint density at radius 3 is 2.59 bits per heavy atom. The molecule has 0 aliphatic carbocycles. The van der Waals surface area contributed by atoms with Gasteiger partial charge >= 0.3 is 0 Å². The number of benzene rings is 2. The molecule has 1 aliphatic rings. The van der Waals surface area contributed by atoms with Crippen molar-refractivity contribution in [2.75, 3.05) is 31.7 Å². The average Bonchev–Trinajstić information content (AvgIpc) is 3.06. The molecule has 1 aliphatic heterocycles. The van der Waals surface area contributed by atoms with E-state index in [2.05, 4.69) is 5.32 Å². The molecule has 2 aromatic rings. The van der Waals surface area contributed by atoms with E-state index in [4.69, 9.17) is 21.1 Å².